The second kappa shape index (κ2) is 0.931. The zero-order valence-electron chi connectivity index (χ0n) is 2.31. The van der Waals surface area contributed by atoms with Gasteiger partial charge in [-0.2, -0.15) is 8.42 Å². The maximum Gasteiger partial charge on any atom is 0.303 e. The average molecular weight is 97.1 g/mol. The standard InChI is InChI=1S/CH2FO2S/c1-5(2,3)4/h1H2. The van der Waals surface area contributed by atoms with Crippen molar-refractivity contribution in [3.63, 3.8) is 0 Å². The molecule has 0 bridgehead atoms. The molecular weight excluding hydrogens is 95.1 g/mol. The first-order valence-electron chi connectivity index (χ1n) is 0.776. The van der Waals surface area contributed by atoms with Gasteiger partial charge in [0.1, 0.15) is 0 Å². The quantitative estimate of drug-likeness (QED) is 0.401. The van der Waals surface area contributed by atoms with Crippen LogP contribution >= 0.6 is 0 Å². The summed E-state index contributed by atoms with van der Waals surface area (Å²) in [5.74, 6) is 0. The summed E-state index contributed by atoms with van der Waals surface area (Å²) >= 11 is 0. The highest BCUT2D eigenvalue weighted by atomic mass is 32.3. The van der Waals surface area contributed by atoms with Crippen LogP contribution in [0.2, 0.25) is 0 Å². The Morgan fingerprint density at radius 1 is 1.60 bits per heavy atom. The van der Waals surface area contributed by atoms with E-state index in [2.05, 4.69) is 6.26 Å². The van der Waals surface area contributed by atoms with Gasteiger partial charge in [-0.05, 0) is 0 Å². The summed E-state index contributed by atoms with van der Waals surface area (Å²) in [4.78, 5) is 0. The van der Waals surface area contributed by atoms with Gasteiger partial charge in [0.25, 0.3) is 0 Å². The second-order valence-electron chi connectivity index (χ2n) is 0.539. The van der Waals surface area contributed by atoms with Gasteiger partial charge >= 0.3 is 10.2 Å². The molecule has 0 amide bonds. The maximum absolute atomic E-state index is 10.5. The van der Waals surface area contributed by atoms with E-state index in [0.29, 0.717) is 0 Å². The van der Waals surface area contributed by atoms with Crippen molar-refractivity contribution in [1.82, 2.24) is 0 Å². The molecule has 4 heteroatoms. The van der Waals surface area contributed by atoms with Crippen molar-refractivity contribution in [2.45, 2.75) is 0 Å². The van der Waals surface area contributed by atoms with Crippen molar-refractivity contribution in [3.05, 3.63) is 6.26 Å². The number of halogens is 1. The molecule has 0 aromatic rings. The summed E-state index contributed by atoms with van der Waals surface area (Å²) in [5, 5.41) is 0. The average Bonchev–Trinajstić information content (AvgIpc) is 0.722. The summed E-state index contributed by atoms with van der Waals surface area (Å²) in [6.07, 6.45) is 2.08. The van der Waals surface area contributed by atoms with E-state index in [0.717, 1.165) is 0 Å². The molecule has 5 heavy (non-hydrogen) atoms. The summed E-state index contributed by atoms with van der Waals surface area (Å²) in [6.45, 7) is 0. The van der Waals surface area contributed by atoms with E-state index in [1.165, 1.54) is 0 Å². The summed E-state index contributed by atoms with van der Waals surface area (Å²) in [5.41, 5.74) is 0. The molecule has 2 nitrogen and oxygen atoms in total. The second-order valence-corrected chi connectivity index (χ2v) is 1.62. The minimum absolute atomic E-state index is 2.08. The predicted octanol–water partition coefficient (Wildman–Crippen LogP) is 0.0773. The Balaban J connectivity index is 4.06. The van der Waals surface area contributed by atoms with Crippen LogP contribution in [0.5, 0.6) is 0 Å². The van der Waals surface area contributed by atoms with Crippen LogP contribution in [0.1, 0.15) is 0 Å². The van der Waals surface area contributed by atoms with Crippen molar-refractivity contribution in [1.29, 1.82) is 0 Å². The van der Waals surface area contributed by atoms with E-state index in [-0.39, 0.29) is 0 Å². The van der Waals surface area contributed by atoms with Crippen LogP contribution in [0.3, 0.4) is 0 Å². The predicted molar refractivity (Wildman–Crippen MR) is 15.4 cm³/mol. The molecule has 0 fully saturated rings. The molecule has 31 valence electrons. The van der Waals surface area contributed by atoms with Crippen LogP contribution in [0.25, 0.3) is 0 Å². The monoisotopic (exact) mass is 97.0 g/mol. The molecule has 0 unspecified atom stereocenters. The third-order valence-corrected chi connectivity index (χ3v) is 0. The Morgan fingerprint density at radius 2 is 1.60 bits per heavy atom. The zero-order chi connectivity index (χ0) is 4.50. The third kappa shape index (κ3) is 952. The van der Waals surface area contributed by atoms with Crippen LogP contribution in [-0.4, -0.2) is 8.42 Å². The van der Waals surface area contributed by atoms with Gasteiger partial charge in [0.05, 0.1) is 6.26 Å². The largest absolute Gasteiger partial charge is 0.303 e. The van der Waals surface area contributed by atoms with Crippen LogP contribution in [0.15, 0.2) is 0 Å². The fraction of sp³-hybridized carbons (Fsp3) is 0. The van der Waals surface area contributed by atoms with Crippen LogP contribution in [0, 0.1) is 6.26 Å². The number of hydrogen-bond acceptors (Lipinski definition) is 2. The van der Waals surface area contributed by atoms with Crippen molar-refractivity contribution < 1.29 is 12.3 Å². The minimum Gasteiger partial charge on any atom is -0.195 e. The van der Waals surface area contributed by atoms with Crippen molar-refractivity contribution in [2.24, 2.45) is 0 Å². The van der Waals surface area contributed by atoms with Crippen molar-refractivity contribution in [3.8, 4) is 0 Å². The normalized spacial score (nSPS) is 11.6. The molecule has 0 aliphatic rings. The van der Waals surface area contributed by atoms with Gasteiger partial charge in [0.15, 0.2) is 0 Å². The molecule has 0 spiro atoms. The Hall–Kier alpha value is -0.120. The van der Waals surface area contributed by atoms with E-state index in [1.807, 2.05) is 0 Å². The summed E-state index contributed by atoms with van der Waals surface area (Å²) < 4.78 is 28.3. The Labute approximate surface area is 29.8 Å². The molecule has 0 aliphatic heterocycles. The SMILES string of the molecule is [CH2]S(=O)(=O)F. The fourth-order valence-electron chi connectivity index (χ4n) is 0. The van der Waals surface area contributed by atoms with E-state index in [1.54, 1.807) is 0 Å². The van der Waals surface area contributed by atoms with E-state index >= 15 is 0 Å². The maximum atomic E-state index is 10.5. The molecule has 0 aromatic carbocycles. The Kier molecular flexibility index (Phi) is 0.908. The highest BCUT2D eigenvalue weighted by Gasteiger charge is 1.86. The minimum atomic E-state index is -4.42. The van der Waals surface area contributed by atoms with Gasteiger partial charge in [0, 0.05) is 0 Å². The van der Waals surface area contributed by atoms with Gasteiger partial charge in [0.2, 0.25) is 0 Å². The molecular formula is CH2FO2S. The molecule has 0 saturated carbocycles. The van der Waals surface area contributed by atoms with Gasteiger partial charge in [-0.1, -0.05) is 0 Å². The third-order valence-electron chi connectivity index (χ3n) is 0. The highest BCUT2D eigenvalue weighted by Crippen LogP contribution is 1.79. The molecule has 0 saturated heterocycles. The molecule has 0 rings (SSSR count). The first-order chi connectivity index (χ1) is 2.00. The lowest BCUT2D eigenvalue weighted by atomic mass is 12.0. The van der Waals surface area contributed by atoms with E-state index < -0.39 is 10.2 Å². The topological polar surface area (TPSA) is 34.1 Å². The van der Waals surface area contributed by atoms with Gasteiger partial charge in [-0.15, -0.1) is 3.89 Å². The number of hydrogen-bond donors (Lipinski definition) is 0. The van der Waals surface area contributed by atoms with E-state index in [9.17, 15) is 3.89 Å². The van der Waals surface area contributed by atoms with Gasteiger partial charge < -0.3 is 0 Å². The molecule has 0 aromatic heterocycles. The van der Waals surface area contributed by atoms with Crippen molar-refractivity contribution >= 4 is 10.2 Å². The van der Waals surface area contributed by atoms with Crippen LogP contribution < -0.4 is 0 Å². The lowest BCUT2D eigenvalue weighted by Crippen LogP contribution is -1.73. The molecule has 0 aliphatic carbocycles. The van der Waals surface area contributed by atoms with Crippen LogP contribution in [0.4, 0.5) is 3.89 Å². The lowest BCUT2D eigenvalue weighted by molar-refractivity contribution is 0.562. The zero-order valence-corrected chi connectivity index (χ0v) is 3.13. The van der Waals surface area contributed by atoms with Gasteiger partial charge in [-0.25, -0.2) is 0 Å². The van der Waals surface area contributed by atoms with Crippen molar-refractivity contribution in [2.75, 3.05) is 0 Å². The van der Waals surface area contributed by atoms with Gasteiger partial charge in [-0.3, -0.25) is 0 Å². The first kappa shape index (κ1) is 4.88. The molecule has 1 radical (unpaired) electrons. The fourth-order valence-corrected chi connectivity index (χ4v) is 0. The Bertz CT molecular complexity index is 92.8. The van der Waals surface area contributed by atoms with E-state index in [4.69, 9.17) is 8.42 Å². The van der Waals surface area contributed by atoms with Crippen LogP contribution in [-0.2, 0) is 10.2 Å². The summed E-state index contributed by atoms with van der Waals surface area (Å²) in [7, 11) is -4.42. The highest BCUT2D eigenvalue weighted by molar-refractivity contribution is 7.87. The number of rotatable bonds is 0. The molecule has 0 N–H and O–H groups in total. The molecule has 0 heterocycles. The lowest BCUT2D eigenvalue weighted by Gasteiger charge is -1.63. The first-order valence-corrected chi connectivity index (χ1v) is 2.33. The smallest absolute Gasteiger partial charge is 0.195 e. The molecule has 0 atom stereocenters. The summed E-state index contributed by atoms with van der Waals surface area (Å²) in [6, 6.07) is 0. The Morgan fingerprint density at radius 3 is 1.60 bits per heavy atom.